The van der Waals surface area contributed by atoms with Gasteiger partial charge in [0.15, 0.2) is 0 Å². The van der Waals surface area contributed by atoms with E-state index in [9.17, 15) is 24.0 Å². The Morgan fingerprint density at radius 3 is 2.40 bits per heavy atom. The van der Waals surface area contributed by atoms with Crippen LogP contribution in [0.5, 0.6) is 0 Å². The third-order valence-electron chi connectivity index (χ3n) is 8.77. The molecule has 0 radical (unpaired) electrons. The summed E-state index contributed by atoms with van der Waals surface area (Å²) in [5.41, 5.74) is 2.11. The molecule has 3 fully saturated rings. The van der Waals surface area contributed by atoms with Crippen LogP contribution < -0.4 is 21.4 Å². The van der Waals surface area contributed by atoms with Crippen molar-refractivity contribution in [3.05, 3.63) is 39.9 Å². The zero-order valence-corrected chi connectivity index (χ0v) is 29.0. The molecule has 1 spiro atoms. The third kappa shape index (κ3) is 8.60. The van der Waals surface area contributed by atoms with Crippen molar-refractivity contribution in [2.45, 2.75) is 102 Å². The minimum absolute atomic E-state index is 0.0113. The van der Waals surface area contributed by atoms with Crippen molar-refractivity contribution in [1.29, 1.82) is 0 Å². The van der Waals surface area contributed by atoms with E-state index in [-0.39, 0.29) is 32.0 Å². The van der Waals surface area contributed by atoms with Crippen molar-refractivity contribution in [2.75, 3.05) is 19.8 Å². The number of hydrogen-bond donors (Lipinski definition) is 4. The van der Waals surface area contributed by atoms with Crippen LogP contribution in [0.2, 0.25) is 10.0 Å². The van der Waals surface area contributed by atoms with Gasteiger partial charge in [0, 0.05) is 34.5 Å². The third-order valence-corrected chi connectivity index (χ3v) is 9.20. The lowest BCUT2D eigenvalue weighted by Gasteiger charge is -2.35. The van der Waals surface area contributed by atoms with Crippen molar-refractivity contribution in [1.82, 2.24) is 26.3 Å². The number of ether oxygens (including phenoxy) is 2. The van der Waals surface area contributed by atoms with Crippen molar-refractivity contribution in [3.8, 4) is 0 Å². The molecule has 1 aliphatic carbocycles. The summed E-state index contributed by atoms with van der Waals surface area (Å²) in [6.07, 6.45) is 3.49. The van der Waals surface area contributed by atoms with Crippen LogP contribution in [0.4, 0.5) is 4.79 Å². The number of carbonyl (C=O) groups excluding carboxylic acids is 5. The maximum atomic E-state index is 14.4. The number of benzene rings is 1. The molecule has 0 bridgehead atoms. The fourth-order valence-corrected chi connectivity index (χ4v) is 6.59. The number of nitrogens with zero attached hydrogens (tertiary/aromatic N) is 1. The summed E-state index contributed by atoms with van der Waals surface area (Å²) in [7, 11) is 0. The van der Waals surface area contributed by atoms with Crippen LogP contribution in [0.3, 0.4) is 0 Å². The Hall–Kier alpha value is -3.39. The SMILES string of the molecule is CCC[C@H](NC(=O)[C@@H]1C[C@]2(C=C(c3cc(Cl)cc(Cl)c3)NO2)CN1C(=O)[C@@H](NC(=O)O[C@H]1CCOC1)C(C)(C)C)C(=O)C(=O)NC1CC1. The second-order valence-electron chi connectivity index (χ2n) is 14.0. The maximum absolute atomic E-state index is 14.4. The van der Waals surface area contributed by atoms with Crippen molar-refractivity contribution in [3.63, 3.8) is 0 Å². The monoisotopic (exact) mass is 707 g/mol. The Morgan fingerprint density at radius 1 is 1.08 bits per heavy atom. The summed E-state index contributed by atoms with van der Waals surface area (Å²) >= 11 is 12.5. The fraction of sp³-hybridized carbons (Fsp3) is 0.606. The second-order valence-corrected chi connectivity index (χ2v) is 14.8. The van der Waals surface area contributed by atoms with Crippen LogP contribution in [0.15, 0.2) is 24.3 Å². The van der Waals surface area contributed by atoms with Gasteiger partial charge in [0.05, 0.1) is 31.5 Å². The lowest BCUT2D eigenvalue weighted by Crippen LogP contribution is -2.59. The van der Waals surface area contributed by atoms with Crippen LogP contribution in [0.1, 0.15) is 71.8 Å². The number of hydrogen-bond acceptors (Lipinski definition) is 9. The minimum atomic E-state index is -1.17. The lowest BCUT2D eigenvalue weighted by molar-refractivity contribution is -0.144. The quantitative estimate of drug-likeness (QED) is 0.253. The average Bonchev–Trinajstić information content (AvgIpc) is 3.37. The highest BCUT2D eigenvalue weighted by Crippen LogP contribution is 2.39. The number of nitrogens with one attached hydrogen (secondary N) is 4. The second kappa shape index (κ2) is 14.6. The Labute approximate surface area is 289 Å². The zero-order valence-electron chi connectivity index (χ0n) is 27.5. The normalized spacial score (nSPS) is 24.8. The van der Waals surface area contributed by atoms with Gasteiger partial charge in [0.1, 0.15) is 23.8 Å². The number of likely N-dealkylation sites (tertiary alicyclic amines) is 1. The fourth-order valence-electron chi connectivity index (χ4n) is 6.07. The Kier molecular flexibility index (Phi) is 10.9. The van der Waals surface area contributed by atoms with Crippen molar-refractivity contribution >= 4 is 58.5 Å². The number of hydroxylamine groups is 1. The molecule has 262 valence electrons. The van der Waals surface area contributed by atoms with E-state index in [1.165, 1.54) is 4.90 Å². The molecule has 1 saturated carbocycles. The first-order valence-electron chi connectivity index (χ1n) is 16.3. The number of Topliss-reactive ketones (excluding diaryl/α,β-unsaturated/α-hetero) is 1. The van der Waals surface area contributed by atoms with Gasteiger partial charge < -0.3 is 30.3 Å². The molecule has 0 aromatic heterocycles. The molecule has 15 heteroatoms. The Balaban J connectivity index is 1.42. The van der Waals surface area contributed by atoms with Gasteiger partial charge in [-0.05, 0) is 49.0 Å². The molecule has 13 nitrogen and oxygen atoms in total. The Bertz CT molecular complexity index is 1450. The molecule has 4 N–H and O–H groups in total. The van der Waals surface area contributed by atoms with E-state index in [0.717, 1.165) is 12.8 Å². The number of carbonyl (C=O) groups is 5. The summed E-state index contributed by atoms with van der Waals surface area (Å²) in [5.74, 6) is -2.65. The molecule has 1 aromatic carbocycles. The van der Waals surface area contributed by atoms with E-state index in [1.54, 1.807) is 45.0 Å². The van der Waals surface area contributed by atoms with Gasteiger partial charge in [-0.15, -0.1) is 0 Å². The predicted molar refractivity (Wildman–Crippen MR) is 177 cm³/mol. The Morgan fingerprint density at radius 2 is 1.79 bits per heavy atom. The van der Waals surface area contributed by atoms with Gasteiger partial charge in [-0.3, -0.25) is 29.5 Å². The standard InChI is InChI=1S/C33H43Cl2N5O8/c1-5-6-23(26(41)29(43)36-21-7-8-21)37-28(42)25-15-33(14-24(39-48-33)18-11-19(34)13-20(35)12-18)17-40(25)30(44)27(32(2,3)4)38-31(45)47-22-9-10-46-16-22/h11-14,21-23,25,27,39H,5-10,15-17H2,1-4H3,(H,36,43)(H,37,42)(H,38,45)/t22-,23-,25-,27+,33+/m0/s1. The van der Waals surface area contributed by atoms with Crippen LogP contribution in [0, 0.1) is 5.41 Å². The van der Waals surface area contributed by atoms with Gasteiger partial charge in [-0.25, -0.2) is 4.79 Å². The highest BCUT2D eigenvalue weighted by molar-refractivity contribution is 6.38. The first-order chi connectivity index (χ1) is 22.7. The molecule has 3 aliphatic heterocycles. The lowest BCUT2D eigenvalue weighted by atomic mass is 9.85. The van der Waals surface area contributed by atoms with E-state index in [2.05, 4.69) is 21.4 Å². The largest absolute Gasteiger partial charge is 0.444 e. The molecule has 4 amide bonds. The molecule has 0 unspecified atom stereocenters. The van der Waals surface area contributed by atoms with Gasteiger partial charge in [-0.1, -0.05) is 57.3 Å². The van der Waals surface area contributed by atoms with Gasteiger partial charge >= 0.3 is 6.09 Å². The number of rotatable bonds is 11. The van der Waals surface area contributed by atoms with Gasteiger partial charge in [-0.2, -0.15) is 0 Å². The molecule has 1 aromatic rings. The maximum Gasteiger partial charge on any atom is 0.408 e. The number of ketones is 1. The molecule has 3 heterocycles. The molecule has 4 aliphatic rings. The number of alkyl carbamates (subject to hydrolysis) is 1. The van der Waals surface area contributed by atoms with Gasteiger partial charge in [0.2, 0.25) is 17.6 Å². The predicted octanol–water partition coefficient (Wildman–Crippen LogP) is 3.27. The summed E-state index contributed by atoms with van der Waals surface area (Å²) in [6, 6.07) is 1.66. The highest BCUT2D eigenvalue weighted by Gasteiger charge is 2.54. The highest BCUT2D eigenvalue weighted by atomic mass is 35.5. The van der Waals surface area contributed by atoms with Crippen LogP contribution in [0.25, 0.3) is 5.70 Å². The molecule has 5 atom stereocenters. The smallest absolute Gasteiger partial charge is 0.408 e. The van der Waals surface area contributed by atoms with Crippen LogP contribution >= 0.6 is 23.2 Å². The van der Waals surface area contributed by atoms with E-state index >= 15 is 0 Å². The summed E-state index contributed by atoms with van der Waals surface area (Å²) in [6.45, 7) is 7.89. The topological polar surface area (TPSA) is 164 Å². The van der Waals surface area contributed by atoms with Crippen LogP contribution in [-0.2, 0) is 33.5 Å². The van der Waals surface area contributed by atoms with E-state index in [0.29, 0.717) is 40.8 Å². The van der Waals surface area contributed by atoms with E-state index in [4.69, 9.17) is 37.5 Å². The average molecular weight is 709 g/mol. The molecule has 48 heavy (non-hydrogen) atoms. The summed E-state index contributed by atoms with van der Waals surface area (Å²) < 4.78 is 10.8. The molecule has 2 saturated heterocycles. The first-order valence-corrected chi connectivity index (χ1v) is 17.1. The van der Waals surface area contributed by atoms with E-state index < -0.39 is 64.8 Å². The number of amides is 4. The zero-order chi connectivity index (χ0) is 34.8. The van der Waals surface area contributed by atoms with E-state index in [1.807, 2.05) is 6.92 Å². The molecular formula is C33H43Cl2N5O8. The number of halogens is 2. The minimum Gasteiger partial charge on any atom is -0.444 e. The summed E-state index contributed by atoms with van der Waals surface area (Å²) in [5, 5.41) is 8.97. The van der Waals surface area contributed by atoms with Crippen molar-refractivity contribution in [2.24, 2.45) is 5.41 Å². The summed E-state index contributed by atoms with van der Waals surface area (Å²) in [4.78, 5) is 74.6. The molecule has 5 rings (SSSR count). The van der Waals surface area contributed by atoms with Crippen LogP contribution in [-0.4, -0.2) is 90.1 Å². The van der Waals surface area contributed by atoms with Crippen molar-refractivity contribution < 1.29 is 38.3 Å². The van der Waals surface area contributed by atoms with Gasteiger partial charge in [0.25, 0.3) is 5.91 Å². The first kappa shape index (κ1) is 35.9. The molecular weight excluding hydrogens is 665 g/mol.